The Kier molecular flexibility index (Phi) is 4.58. The van der Waals surface area contributed by atoms with Gasteiger partial charge >= 0.3 is 0 Å². The summed E-state index contributed by atoms with van der Waals surface area (Å²) in [5.74, 6) is 1.12. The number of halogens is 1. The maximum Gasteiger partial charge on any atom is 0.0646 e. The predicted molar refractivity (Wildman–Crippen MR) is 62.8 cm³/mol. The highest BCUT2D eigenvalue weighted by Gasteiger charge is 2.06. The standard InChI is InChI=1S/C10H14ClNOS/c1-7(5-13)6-14-9-4-2-3-8(11)10(9)12/h2-4,7,13H,5-6,12H2,1H3. The average Bonchev–Trinajstić information content (AvgIpc) is 2.20. The van der Waals surface area contributed by atoms with E-state index in [2.05, 4.69) is 0 Å². The molecule has 1 aromatic rings. The molecule has 0 spiro atoms. The molecular formula is C10H14ClNOS. The summed E-state index contributed by atoms with van der Waals surface area (Å²) in [6.45, 7) is 2.20. The molecule has 0 saturated carbocycles. The third kappa shape index (κ3) is 3.08. The van der Waals surface area contributed by atoms with Gasteiger partial charge in [-0.2, -0.15) is 0 Å². The largest absolute Gasteiger partial charge is 0.397 e. The van der Waals surface area contributed by atoms with Gasteiger partial charge in [0.05, 0.1) is 10.7 Å². The molecule has 0 aromatic heterocycles. The summed E-state index contributed by atoms with van der Waals surface area (Å²) in [6.07, 6.45) is 0. The van der Waals surface area contributed by atoms with Gasteiger partial charge in [-0.3, -0.25) is 0 Å². The fourth-order valence-corrected chi connectivity index (χ4v) is 2.17. The fourth-order valence-electron chi connectivity index (χ4n) is 0.928. The molecule has 0 fully saturated rings. The van der Waals surface area contributed by atoms with Crippen LogP contribution in [0.3, 0.4) is 0 Å². The molecule has 1 unspecified atom stereocenters. The second-order valence-electron chi connectivity index (χ2n) is 3.25. The Morgan fingerprint density at radius 1 is 1.57 bits per heavy atom. The highest BCUT2D eigenvalue weighted by molar-refractivity contribution is 7.99. The van der Waals surface area contributed by atoms with Crippen molar-refractivity contribution in [3.63, 3.8) is 0 Å². The van der Waals surface area contributed by atoms with Crippen LogP contribution in [0.25, 0.3) is 0 Å². The number of para-hydroxylation sites is 1. The van der Waals surface area contributed by atoms with Crippen molar-refractivity contribution in [2.75, 3.05) is 18.1 Å². The average molecular weight is 232 g/mol. The van der Waals surface area contributed by atoms with E-state index in [1.54, 1.807) is 17.8 Å². The lowest BCUT2D eigenvalue weighted by atomic mass is 10.2. The molecule has 1 aromatic carbocycles. The molecule has 0 radical (unpaired) electrons. The molecular weight excluding hydrogens is 218 g/mol. The second-order valence-corrected chi connectivity index (χ2v) is 4.72. The maximum absolute atomic E-state index is 8.87. The normalized spacial score (nSPS) is 12.8. The first kappa shape index (κ1) is 11.7. The zero-order valence-corrected chi connectivity index (χ0v) is 9.61. The number of aliphatic hydroxyl groups is 1. The van der Waals surface area contributed by atoms with Gasteiger partial charge < -0.3 is 10.8 Å². The van der Waals surface area contributed by atoms with Crippen LogP contribution in [-0.2, 0) is 0 Å². The summed E-state index contributed by atoms with van der Waals surface area (Å²) in [7, 11) is 0. The second kappa shape index (κ2) is 5.49. The van der Waals surface area contributed by atoms with Gasteiger partial charge in [0.2, 0.25) is 0 Å². The smallest absolute Gasteiger partial charge is 0.0646 e. The summed E-state index contributed by atoms with van der Waals surface area (Å²) in [6, 6.07) is 5.59. The quantitative estimate of drug-likeness (QED) is 0.619. The number of benzene rings is 1. The molecule has 0 heterocycles. The number of hydrogen-bond donors (Lipinski definition) is 2. The van der Waals surface area contributed by atoms with E-state index in [1.807, 2.05) is 19.1 Å². The first-order chi connectivity index (χ1) is 6.65. The van der Waals surface area contributed by atoms with E-state index in [1.165, 1.54) is 0 Å². The number of anilines is 1. The Morgan fingerprint density at radius 3 is 2.93 bits per heavy atom. The molecule has 0 aliphatic heterocycles. The molecule has 4 heteroatoms. The Bertz CT molecular complexity index is 306. The van der Waals surface area contributed by atoms with Crippen molar-refractivity contribution in [1.29, 1.82) is 0 Å². The van der Waals surface area contributed by atoms with Crippen molar-refractivity contribution in [2.24, 2.45) is 5.92 Å². The summed E-state index contributed by atoms with van der Waals surface area (Å²) in [4.78, 5) is 0.984. The van der Waals surface area contributed by atoms with Gasteiger partial charge in [0.1, 0.15) is 0 Å². The van der Waals surface area contributed by atoms with Gasteiger partial charge in [0, 0.05) is 17.3 Å². The number of aliphatic hydroxyl groups excluding tert-OH is 1. The van der Waals surface area contributed by atoms with E-state index in [0.717, 1.165) is 10.6 Å². The lowest BCUT2D eigenvalue weighted by Crippen LogP contribution is -2.03. The van der Waals surface area contributed by atoms with Crippen LogP contribution < -0.4 is 5.73 Å². The Morgan fingerprint density at radius 2 is 2.29 bits per heavy atom. The van der Waals surface area contributed by atoms with Crippen LogP contribution in [0.5, 0.6) is 0 Å². The van der Waals surface area contributed by atoms with Crippen LogP contribution in [0.4, 0.5) is 5.69 Å². The van der Waals surface area contributed by atoms with Crippen molar-refractivity contribution in [3.8, 4) is 0 Å². The molecule has 0 aliphatic rings. The van der Waals surface area contributed by atoms with Gasteiger partial charge in [-0.15, -0.1) is 11.8 Å². The topological polar surface area (TPSA) is 46.2 Å². The number of nitrogen functional groups attached to an aromatic ring is 1. The van der Waals surface area contributed by atoms with Crippen LogP contribution in [0.2, 0.25) is 5.02 Å². The van der Waals surface area contributed by atoms with Crippen LogP contribution in [-0.4, -0.2) is 17.5 Å². The van der Waals surface area contributed by atoms with Crippen molar-refractivity contribution in [3.05, 3.63) is 23.2 Å². The summed E-state index contributed by atoms with van der Waals surface area (Å²) >= 11 is 7.50. The monoisotopic (exact) mass is 231 g/mol. The van der Waals surface area contributed by atoms with Crippen molar-refractivity contribution < 1.29 is 5.11 Å². The molecule has 0 saturated heterocycles. The minimum atomic E-state index is 0.202. The van der Waals surface area contributed by atoms with Crippen molar-refractivity contribution in [1.82, 2.24) is 0 Å². The molecule has 0 amide bonds. The lowest BCUT2D eigenvalue weighted by Gasteiger charge is -2.09. The molecule has 1 atom stereocenters. The fraction of sp³-hybridized carbons (Fsp3) is 0.400. The first-order valence-corrected chi connectivity index (χ1v) is 5.79. The van der Waals surface area contributed by atoms with E-state index in [-0.39, 0.29) is 12.5 Å². The van der Waals surface area contributed by atoms with Crippen molar-refractivity contribution in [2.45, 2.75) is 11.8 Å². The Balaban J connectivity index is 2.63. The summed E-state index contributed by atoms with van der Waals surface area (Å²) < 4.78 is 0. The van der Waals surface area contributed by atoms with Crippen LogP contribution in [0.15, 0.2) is 23.1 Å². The van der Waals surface area contributed by atoms with E-state index in [4.69, 9.17) is 22.4 Å². The van der Waals surface area contributed by atoms with Crippen LogP contribution >= 0.6 is 23.4 Å². The summed E-state index contributed by atoms with van der Waals surface area (Å²) in [5.41, 5.74) is 6.42. The van der Waals surface area contributed by atoms with Gasteiger partial charge in [-0.1, -0.05) is 24.6 Å². The van der Waals surface area contributed by atoms with Gasteiger partial charge in [-0.25, -0.2) is 0 Å². The van der Waals surface area contributed by atoms with E-state index < -0.39 is 0 Å². The number of thioether (sulfide) groups is 1. The minimum Gasteiger partial charge on any atom is -0.397 e. The first-order valence-electron chi connectivity index (χ1n) is 4.42. The molecule has 14 heavy (non-hydrogen) atoms. The molecule has 2 nitrogen and oxygen atoms in total. The molecule has 0 aliphatic carbocycles. The molecule has 78 valence electrons. The van der Waals surface area contributed by atoms with E-state index in [9.17, 15) is 0 Å². The Hall–Kier alpha value is -0.380. The van der Waals surface area contributed by atoms with E-state index in [0.29, 0.717) is 10.7 Å². The zero-order chi connectivity index (χ0) is 10.6. The van der Waals surface area contributed by atoms with Gasteiger partial charge in [0.15, 0.2) is 0 Å². The molecule has 1 rings (SSSR count). The van der Waals surface area contributed by atoms with Crippen LogP contribution in [0.1, 0.15) is 6.92 Å². The highest BCUT2D eigenvalue weighted by Crippen LogP contribution is 2.31. The molecule has 0 bridgehead atoms. The number of nitrogens with two attached hydrogens (primary N) is 1. The highest BCUT2D eigenvalue weighted by atomic mass is 35.5. The zero-order valence-electron chi connectivity index (χ0n) is 8.03. The SMILES string of the molecule is CC(CO)CSc1cccc(Cl)c1N. The third-order valence-electron chi connectivity index (χ3n) is 1.85. The number of hydrogen-bond acceptors (Lipinski definition) is 3. The predicted octanol–water partition coefficient (Wildman–Crippen LogP) is 2.64. The third-order valence-corrected chi connectivity index (χ3v) is 3.58. The summed E-state index contributed by atoms with van der Waals surface area (Å²) in [5, 5.41) is 9.46. The number of rotatable bonds is 4. The van der Waals surface area contributed by atoms with Crippen LogP contribution in [0, 0.1) is 5.92 Å². The lowest BCUT2D eigenvalue weighted by molar-refractivity contribution is 0.250. The van der Waals surface area contributed by atoms with Gasteiger partial charge in [0.25, 0.3) is 0 Å². The Labute approximate surface area is 93.5 Å². The minimum absolute atomic E-state index is 0.202. The van der Waals surface area contributed by atoms with E-state index >= 15 is 0 Å². The molecule has 3 N–H and O–H groups in total. The maximum atomic E-state index is 8.87. The van der Waals surface area contributed by atoms with Crippen molar-refractivity contribution >= 4 is 29.1 Å². The van der Waals surface area contributed by atoms with Gasteiger partial charge in [-0.05, 0) is 18.1 Å².